The maximum absolute atomic E-state index is 5.54. The van der Waals surface area contributed by atoms with E-state index in [4.69, 9.17) is 19.2 Å². The van der Waals surface area contributed by atoms with Crippen molar-refractivity contribution in [3.63, 3.8) is 0 Å². The third kappa shape index (κ3) is 5.55. The molecule has 0 heterocycles. The van der Waals surface area contributed by atoms with Gasteiger partial charge in [-0.15, -0.1) is 0 Å². The van der Waals surface area contributed by atoms with Crippen molar-refractivity contribution >= 4 is 5.96 Å². The lowest BCUT2D eigenvalue weighted by Gasteiger charge is -2.17. The van der Waals surface area contributed by atoms with Crippen molar-refractivity contribution in [2.75, 3.05) is 34.4 Å². The van der Waals surface area contributed by atoms with Crippen molar-refractivity contribution < 1.29 is 14.2 Å². The Bertz CT molecular complexity index is 763. The van der Waals surface area contributed by atoms with Gasteiger partial charge in [0.25, 0.3) is 0 Å². The zero-order chi connectivity index (χ0) is 20.4. The summed E-state index contributed by atoms with van der Waals surface area (Å²) in [6, 6.07) is 14.3. The number of aliphatic imine (C=N–C) groups is 1. The number of methoxy groups -OCH3 is 3. The first kappa shape index (κ1) is 21.4. The van der Waals surface area contributed by atoms with Gasteiger partial charge >= 0.3 is 0 Å². The largest absolute Gasteiger partial charge is 0.493 e. The number of hydrogen-bond acceptors (Lipinski definition) is 4. The lowest BCUT2D eigenvalue weighted by Crippen LogP contribution is -2.39. The molecule has 6 nitrogen and oxygen atoms in total. The SMILES string of the molecule is CCNC(=NCc1ccc(OC)c(OC)c1OC)NCC(C)c1ccccc1. The summed E-state index contributed by atoms with van der Waals surface area (Å²) in [5, 5.41) is 6.71. The quantitative estimate of drug-likeness (QED) is 0.510. The highest BCUT2D eigenvalue weighted by Gasteiger charge is 2.15. The standard InChI is InChI=1S/C22H31N3O3/c1-6-23-22(24-14-16(2)17-10-8-7-9-11-17)25-15-18-12-13-19(26-3)21(28-5)20(18)27-4/h7-13,16H,6,14-15H2,1-5H3,(H2,23,24,25). The fourth-order valence-corrected chi connectivity index (χ4v) is 2.94. The monoisotopic (exact) mass is 385 g/mol. The van der Waals surface area contributed by atoms with Crippen LogP contribution in [0.1, 0.15) is 30.9 Å². The van der Waals surface area contributed by atoms with Crippen LogP contribution in [-0.2, 0) is 6.54 Å². The number of rotatable bonds is 9. The highest BCUT2D eigenvalue weighted by atomic mass is 16.5. The summed E-state index contributed by atoms with van der Waals surface area (Å²) >= 11 is 0. The molecule has 0 aliphatic heterocycles. The van der Waals surface area contributed by atoms with E-state index < -0.39 is 0 Å². The minimum absolute atomic E-state index is 0.376. The van der Waals surface area contributed by atoms with Gasteiger partial charge in [-0.25, -0.2) is 4.99 Å². The van der Waals surface area contributed by atoms with Crippen LogP contribution >= 0.6 is 0 Å². The highest BCUT2D eigenvalue weighted by Crippen LogP contribution is 2.39. The van der Waals surface area contributed by atoms with Crippen LogP contribution in [0, 0.1) is 0 Å². The van der Waals surface area contributed by atoms with E-state index in [1.807, 2.05) is 18.2 Å². The maximum atomic E-state index is 5.54. The molecule has 0 saturated heterocycles. The van der Waals surface area contributed by atoms with Crippen molar-refractivity contribution in [3.8, 4) is 17.2 Å². The number of benzene rings is 2. The molecule has 2 rings (SSSR count). The van der Waals surface area contributed by atoms with Crippen LogP contribution in [0.2, 0.25) is 0 Å². The Morgan fingerprint density at radius 3 is 2.25 bits per heavy atom. The van der Waals surface area contributed by atoms with Crippen molar-refractivity contribution in [1.82, 2.24) is 10.6 Å². The topological polar surface area (TPSA) is 64.1 Å². The Hall–Kier alpha value is -2.89. The fraction of sp³-hybridized carbons (Fsp3) is 0.409. The minimum Gasteiger partial charge on any atom is -0.493 e. The summed E-state index contributed by atoms with van der Waals surface area (Å²) < 4.78 is 16.3. The van der Waals surface area contributed by atoms with Crippen LogP contribution in [0.15, 0.2) is 47.5 Å². The zero-order valence-electron chi connectivity index (χ0n) is 17.4. The predicted molar refractivity (Wildman–Crippen MR) is 114 cm³/mol. The second kappa shape index (κ2) is 11.1. The Morgan fingerprint density at radius 2 is 1.64 bits per heavy atom. The first-order valence-electron chi connectivity index (χ1n) is 9.49. The van der Waals surface area contributed by atoms with Gasteiger partial charge in [0, 0.05) is 18.7 Å². The lowest BCUT2D eigenvalue weighted by atomic mass is 10.0. The Balaban J connectivity index is 2.12. The van der Waals surface area contributed by atoms with Gasteiger partial charge in [0.05, 0.1) is 27.9 Å². The second-order valence-electron chi connectivity index (χ2n) is 6.38. The van der Waals surface area contributed by atoms with E-state index in [1.54, 1.807) is 21.3 Å². The van der Waals surface area contributed by atoms with Crippen LogP contribution in [0.5, 0.6) is 17.2 Å². The van der Waals surface area contributed by atoms with E-state index in [9.17, 15) is 0 Å². The summed E-state index contributed by atoms with van der Waals surface area (Å²) in [5.74, 6) is 2.99. The molecule has 1 unspecified atom stereocenters. The third-order valence-electron chi connectivity index (χ3n) is 4.48. The van der Waals surface area contributed by atoms with Gasteiger partial charge in [0.2, 0.25) is 5.75 Å². The molecule has 0 bridgehead atoms. The molecular weight excluding hydrogens is 354 g/mol. The van der Waals surface area contributed by atoms with E-state index in [2.05, 4.69) is 48.7 Å². The van der Waals surface area contributed by atoms with Gasteiger partial charge in [-0.3, -0.25) is 0 Å². The molecule has 0 fully saturated rings. The Morgan fingerprint density at radius 1 is 0.929 bits per heavy atom. The molecule has 0 amide bonds. The molecule has 1 atom stereocenters. The Labute approximate surface area is 167 Å². The van der Waals surface area contributed by atoms with Crippen molar-refractivity contribution in [2.45, 2.75) is 26.3 Å². The summed E-state index contributed by atoms with van der Waals surface area (Å²) in [5.41, 5.74) is 2.22. The molecule has 2 N–H and O–H groups in total. The van der Waals surface area contributed by atoms with Gasteiger partial charge in [-0.05, 0) is 30.5 Å². The molecule has 0 spiro atoms. The molecule has 2 aromatic carbocycles. The van der Waals surface area contributed by atoms with E-state index in [0.29, 0.717) is 29.7 Å². The molecule has 0 saturated carbocycles. The highest BCUT2D eigenvalue weighted by molar-refractivity contribution is 5.79. The summed E-state index contributed by atoms with van der Waals surface area (Å²) in [4.78, 5) is 4.71. The number of nitrogens with zero attached hydrogens (tertiary/aromatic N) is 1. The van der Waals surface area contributed by atoms with Gasteiger partial charge in [-0.2, -0.15) is 0 Å². The van der Waals surface area contributed by atoms with Crippen LogP contribution in [0.25, 0.3) is 0 Å². The fourth-order valence-electron chi connectivity index (χ4n) is 2.94. The molecule has 0 aromatic heterocycles. The number of guanidine groups is 1. The number of nitrogens with one attached hydrogen (secondary N) is 2. The molecule has 6 heteroatoms. The number of ether oxygens (including phenoxy) is 3. The van der Waals surface area contributed by atoms with Crippen LogP contribution in [0.3, 0.4) is 0 Å². The second-order valence-corrected chi connectivity index (χ2v) is 6.38. The normalized spacial score (nSPS) is 12.2. The Kier molecular flexibility index (Phi) is 8.46. The average Bonchev–Trinajstić information content (AvgIpc) is 2.75. The first-order valence-corrected chi connectivity index (χ1v) is 9.49. The molecule has 0 aliphatic rings. The average molecular weight is 386 g/mol. The predicted octanol–water partition coefficient (Wildman–Crippen LogP) is 3.57. The first-order chi connectivity index (χ1) is 13.6. The smallest absolute Gasteiger partial charge is 0.203 e. The lowest BCUT2D eigenvalue weighted by molar-refractivity contribution is 0.322. The van der Waals surface area contributed by atoms with E-state index >= 15 is 0 Å². The molecule has 2 aromatic rings. The summed E-state index contributed by atoms with van der Waals surface area (Å²) in [6.45, 7) is 6.28. The van der Waals surface area contributed by atoms with Gasteiger partial charge in [0.15, 0.2) is 17.5 Å². The van der Waals surface area contributed by atoms with E-state index in [-0.39, 0.29) is 0 Å². The summed E-state index contributed by atoms with van der Waals surface area (Å²) in [7, 11) is 4.83. The maximum Gasteiger partial charge on any atom is 0.203 e. The molecule has 0 radical (unpaired) electrons. The van der Waals surface area contributed by atoms with Gasteiger partial charge < -0.3 is 24.8 Å². The molecule has 0 aliphatic carbocycles. The van der Waals surface area contributed by atoms with Crippen LogP contribution in [0.4, 0.5) is 0 Å². The molecular formula is C22H31N3O3. The van der Waals surface area contributed by atoms with E-state index in [1.165, 1.54) is 5.56 Å². The third-order valence-corrected chi connectivity index (χ3v) is 4.48. The number of hydrogen-bond donors (Lipinski definition) is 2. The zero-order valence-corrected chi connectivity index (χ0v) is 17.4. The van der Waals surface area contributed by atoms with Crippen molar-refractivity contribution in [2.24, 2.45) is 4.99 Å². The molecule has 152 valence electrons. The van der Waals surface area contributed by atoms with Gasteiger partial charge in [-0.1, -0.05) is 37.3 Å². The van der Waals surface area contributed by atoms with Gasteiger partial charge in [0.1, 0.15) is 0 Å². The van der Waals surface area contributed by atoms with E-state index in [0.717, 1.165) is 24.6 Å². The van der Waals surface area contributed by atoms with Crippen LogP contribution in [-0.4, -0.2) is 40.4 Å². The summed E-state index contributed by atoms with van der Waals surface area (Å²) in [6.07, 6.45) is 0. The van der Waals surface area contributed by atoms with Crippen molar-refractivity contribution in [3.05, 3.63) is 53.6 Å². The minimum atomic E-state index is 0.376. The van der Waals surface area contributed by atoms with Crippen molar-refractivity contribution in [1.29, 1.82) is 0 Å². The molecule has 28 heavy (non-hydrogen) atoms. The van der Waals surface area contributed by atoms with Crippen LogP contribution < -0.4 is 24.8 Å².